The van der Waals surface area contributed by atoms with Gasteiger partial charge in [0, 0.05) is 17.7 Å². The van der Waals surface area contributed by atoms with Crippen LogP contribution in [-0.2, 0) is 4.79 Å². The molecule has 0 spiro atoms. The monoisotopic (exact) mass is 350 g/mol. The highest BCUT2D eigenvalue weighted by Crippen LogP contribution is 2.24. The maximum atomic E-state index is 12.2. The largest absolute Gasteiger partial charge is 0.478 e. The second-order valence-corrected chi connectivity index (χ2v) is 6.21. The van der Waals surface area contributed by atoms with Crippen LogP contribution in [0.25, 0.3) is 17.4 Å². The van der Waals surface area contributed by atoms with Crippen LogP contribution >= 0.6 is 0 Å². The maximum absolute atomic E-state index is 12.2. The Balaban J connectivity index is 1.75. The summed E-state index contributed by atoms with van der Waals surface area (Å²) in [7, 11) is 0. The molecule has 132 valence electrons. The van der Waals surface area contributed by atoms with Crippen molar-refractivity contribution in [2.24, 2.45) is 0 Å². The number of nitrogens with zero attached hydrogens (tertiary/aromatic N) is 1. The van der Waals surface area contributed by atoms with Crippen LogP contribution in [0.15, 0.2) is 46.4 Å². The van der Waals surface area contributed by atoms with Crippen LogP contribution < -0.4 is 5.32 Å². The van der Waals surface area contributed by atoms with Crippen molar-refractivity contribution in [3.63, 3.8) is 0 Å². The number of nitriles is 1. The van der Waals surface area contributed by atoms with Crippen LogP contribution in [0.1, 0.15) is 41.8 Å². The summed E-state index contributed by atoms with van der Waals surface area (Å²) >= 11 is 0. The predicted octanol–water partition coefficient (Wildman–Crippen LogP) is 3.61. The molecule has 1 aliphatic rings. The Morgan fingerprint density at radius 2 is 1.85 bits per heavy atom. The number of furan rings is 1. The fourth-order valence-electron chi connectivity index (χ4n) is 2.99. The SMILES string of the molecule is N#C/C(=C\c1ccc(-c2ccc(C(=O)O)cc2)o1)C(=O)NC1CCCC1. The number of amides is 1. The standard InChI is InChI=1S/C20H18N2O4/c21-12-15(19(23)22-16-3-1-2-4-16)11-17-9-10-18(26-17)13-5-7-14(8-6-13)20(24)25/h5-11,16H,1-4H2,(H,22,23)(H,24,25)/b15-11+. The molecule has 1 aromatic heterocycles. The molecule has 0 bridgehead atoms. The summed E-state index contributed by atoms with van der Waals surface area (Å²) in [5.41, 5.74) is 0.901. The van der Waals surface area contributed by atoms with Crippen molar-refractivity contribution in [1.82, 2.24) is 5.32 Å². The third kappa shape index (κ3) is 4.01. The molecule has 6 heteroatoms. The van der Waals surface area contributed by atoms with Gasteiger partial charge in [-0.3, -0.25) is 4.79 Å². The van der Waals surface area contributed by atoms with E-state index in [1.54, 1.807) is 24.3 Å². The quantitative estimate of drug-likeness (QED) is 0.633. The van der Waals surface area contributed by atoms with Crippen molar-refractivity contribution >= 4 is 18.0 Å². The van der Waals surface area contributed by atoms with Gasteiger partial charge in [-0.05, 0) is 37.1 Å². The van der Waals surface area contributed by atoms with Gasteiger partial charge >= 0.3 is 5.97 Å². The zero-order valence-corrected chi connectivity index (χ0v) is 14.1. The lowest BCUT2D eigenvalue weighted by Crippen LogP contribution is -2.33. The van der Waals surface area contributed by atoms with Gasteiger partial charge in [-0.1, -0.05) is 25.0 Å². The fourth-order valence-corrected chi connectivity index (χ4v) is 2.99. The number of benzene rings is 1. The minimum absolute atomic E-state index is 0.000903. The van der Waals surface area contributed by atoms with Crippen molar-refractivity contribution in [1.29, 1.82) is 5.26 Å². The summed E-state index contributed by atoms with van der Waals surface area (Å²) < 4.78 is 5.67. The Morgan fingerprint density at radius 3 is 2.46 bits per heavy atom. The molecule has 2 aromatic rings. The van der Waals surface area contributed by atoms with E-state index in [0.717, 1.165) is 25.7 Å². The number of hydrogen-bond acceptors (Lipinski definition) is 4. The summed E-state index contributed by atoms with van der Waals surface area (Å²) in [5, 5.41) is 21.1. The molecule has 1 aromatic carbocycles. The normalized spacial score (nSPS) is 14.8. The number of hydrogen-bond donors (Lipinski definition) is 2. The van der Waals surface area contributed by atoms with E-state index < -0.39 is 5.97 Å². The highest BCUT2D eigenvalue weighted by atomic mass is 16.4. The van der Waals surface area contributed by atoms with E-state index in [1.807, 2.05) is 6.07 Å². The molecule has 0 atom stereocenters. The van der Waals surface area contributed by atoms with Gasteiger partial charge in [-0.2, -0.15) is 5.26 Å². The first-order chi connectivity index (χ1) is 12.6. The molecule has 0 saturated heterocycles. The van der Waals surface area contributed by atoms with Gasteiger partial charge in [0.25, 0.3) is 5.91 Å². The van der Waals surface area contributed by atoms with Crippen molar-refractivity contribution in [2.75, 3.05) is 0 Å². The number of nitrogens with one attached hydrogen (secondary N) is 1. The Bertz CT molecular complexity index is 881. The van der Waals surface area contributed by atoms with Crippen molar-refractivity contribution in [2.45, 2.75) is 31.7 Å². The lowest BCUT2D eigenvalue weighted by Gasteiger charge is -2.10. The minimum Gasteiger partial charge on any atom is -0.478 e. The van der Waals surface area contributed by atoms with Gasteiger partial charge < -0.3 is 14.8 Å². The van der Waals surface area contributed by atoms with E-state index in [9.17, 15) is 14.9 Å². The van der Waals surface area contributed by atoms with E-state index in [1.165, 1.54) is 18.2 Å². The van der Waals surface area contributed by atoms with Gasteiger partial charge in [-0.25, -0.2) is 4.79 Å². The Kier molecular flexibility index (Phi) is 5.18. The molecule has 1 amide bonds. The predicted molar refractivity (Wildman–Crippen MR) is 95.1 cm³/mol. The van der Waals surface area contributed by atoms with Gasteiger partial charge in [0.1, 0.15) is 23.2 Å². The molecule has 0 radical (unpaired) electrons. The van der Waals surface area contributed by atoms with Crippen molar-refractivity contribution in [3.8, 4) is 17.4 Å². The Hall–Kier alpha value is -3.33. The molecule has 1 saturated carbocycles. The van der Waals surface area contributed by atoms with Gasteiger partial charge in [0.05, 0.1) is 5.56 Å². The van der Waals surface area contributed by atoms with E-state index in [2.05, 4.69) is 5.32 Å². The second kappa shape index (κ2) is 7.70. The summed E-state index contributed by atoms with van der Waals surface area (Å²) in [6.07, 6.45) is 5.50. The molecular weight excluding hydrogens is 332 g/mol. The molecule has 1 fully saturated rings. The molecule has 1 heterocycles. The van der Waals surface area contributed by atoms with Gasteiger partial charge in [0.15, 0.2) is 0 Å². The molecular formula is C20H18N2O4. The van der Waals surface area contributed by atoms with Gasteiger partial charge in [-0.15, -0.1) is 0 Å². The highest BCUT2D eigenvalue weighted by molar-refractivity contribution is 6.01. The second-order valence-electron chi connectivity index (χ2n) is 6.21. The molecule has 1 aliphatic carbocycles. The maximum Gasteiger partial charge on any atom is 0.335 e. The van der Waals surface area contributed by atoms with E-state index in [4.69, 9.17) is 9.52 Å². The lowest BCUT2D eigenvalue weighted by atomic mass is 10.1. The third-order valence-electron chi connectivity index (χ3n) is 4.39. The molecule has 0 aliphatic heterocycles. The summed E-state index contributed by atoms with van der Waals surface area (Å²) in [6, 6.07) is 11.7. The summed E-state index contributed by atoms with van der Waals surface area (Å²) in [5.74, 6) is -0.461. The van der Waals surface area contributed by atoms with E-state index >= 15 is 0 Å². The number of carboxylic acid groups (broad SMARTS) is 1. The first-order valence-corrected chi connectivity index (χ1v) is 8.43. The molecule has 6 nitrogen and oxygen atoms in total. The highest BCUT2D eigenvalue weighted by Gasteiger charge is 2.19. The lowest BCUT2D eigenvalue weighted by molar-refractivity contribution is -0.117. The van der Waals surface area contributed by atoms with Crippen LogP contribution in [0.5, 0.6) is 0 Å². The topological polar surface area (TPSA) is 103 Å². The Morgan fingerprint density at radius 1 is 1.15 bits per heavy atom. The minimum atomic E-state index is -0.994. The molecule has 2 N–H and O–H groups in total. The number of aromatic carboxylic acids is 1. The number of carbonyl (C=O) groups is 2. The smallest absolute Gasteiger partial charge is 0.335 e. The molecule has 0 unspecified atom stereocenters. The van der Waals surface area contributed by atoms with Crippen LogP contribution in [0.2, 0.25) is 0 Å². The van der Waals surface area contributed by atoms with Gasteiger partial charge in [0.2, 0.25) is 0 Å². The number of carbonyl (C=O) groups excluding carboxylic acids is 1. The molecule has 26 heavy (non-hydrogen) atoms. The number of carboxylic acids is 1. The number of rotatable bonds is 5. The van der Waals surface area contributed by atoms with Crippen molar-refractivity contribution in [3.05, 3.63) is 53.3 Å². The first-order valence-electron chi connectivity index (χ1n) is 8.43. The fraction of sp³-hybridized carbons (Fsp3) is 0.250. The first kappa shape index (κ1) is 17.5. The zero-order chi connectivity index (χ0) is 18.5. The van der Waals surface area contributed by atoms with Crippen LogP contribution in [-0.4, -0.2) is 23.0 Å². The Labute approximate surface area is 150 Å². The van der Waals surface area contributed by atoms with Crippen LogP contribution in [0.3, 0.4) is 0 Å². The average molecular weight is 350 g/mol. The zero-order valence-electron chi connectivity index (χ0n) is 14.1. The summed E-state index contributed by atoms with van der Waals surface area (Å²) in [6.45, 7) is 0. The van der Waals surface area contributed by atoms with Crippen LogP contribution in [0.4, 0.5) is 0 Å². The van der Waals surface area contributed by atoms with Crippen molar-refractivity contribution < 1.29 is 19.1 Å². The van der Waals surface area contributed by atoms with E-state index in [-0.39, 0.29) is 23.1 Å². The van der Waals surface area contributed by atoms with Crippen LogP contribution in [0, 0.1) is 11.3 Å². The summed E-state index contributed by atoms with van der Waals surface area (Å²) in [4.78, 5) is 23.1. The molecule has 3 rings (SSSR count). The third-order valence-corrected chi connectivity index (χ3v) is 4.39. The van der Waals surface area contributed by atoms with E-state index in [0.29, 0.717) is 17.1 Å². The average Bonchev–Trinajstić information content (AvgIpc) is 3.31.